The van der Waals surface area contributed by atoms with Crippen molar-refractivity contribution in [2.75, 3.05) is 44.2 Å². The number of halogens is 3. The minimum absolute atomic E-state index is 0.160. The molecule has 0 atom stereocenters. The normalized spacial score (nSPS) is 15.5. The lowest BCUT2D eigenvalue weighted by Crippen LogP contribution is -2.50. The molecule has 0 bridgehead atoms. The van der Waals surface area contributed by atoms with Gasteiger partial charge in [-0.05, 0) is 97.9 Å². The number of ether oxygens (including phenoxy) is 2. The van der Waals surface area contributed by atoms with Crippen LogP contribution in [0.5, 0.6) is 0 Å². The van der Waals surface area contributed by atoms with Crippen molar-refractivity contribution in [1.29, 1.82) is 0 Å². The minimum Gasteiger partial charge on any atom is -0.444 e. The summed E-state index contributed by atoms with van der Waals surface area (Å²) in [6.07, 6.45) is 6.33. The van der Waals surface area contributed by atoms with Crippen molar-refractivity contribution in [1.82, 2.24) is 29.7 Å². The number of amides is 2. The van der Waals surface area contributed by atoms with Gasteiger partial charge in [0.05, 0.1) is 0 Å². The fraction of sp³-hybridized carbons (Fsp3) is 0.655. The van der Waals surface area contributed by atoms with E-state index in [1.54, 1.807) is 22.2 Å². The van der Waals surface area contributed by atoms with Gasteiger partial charge in [-0.15, -0.1) is 0 Å². The summed E-state index contributed by atoms with van der Waals surface area (Å²) in [7, 11) is 0. The molecule has 0 spiro atoms. The zero-order chi connectivity index (χ0) is 32.4. The molecule has 2 aromatic heterocycles. The zero-order valence-electron chi connectivity index (χ0n) is 26.4. The van der Waals surface area contributed by atoms with Gasteiger partial charge in [-0.1, -0.05) is 11.6 Å². The number of nitrogens with zero attached hydrogens (tertiary/aromatic N) is 7. The molecule has 11 nitrogen and oxygen atoms in total. The summed E-state index contributed by atoms with van der Waals surface area (Å²) in [6, 6.07) is 0. The summed E-state index contributed by atoms with van der Waals surface area (Å²) in [5.74, 6) is 0.832. The molecule has 2 aromatic rings. The maximum Gasteiger partial charge on any atom is 0.410 e. The Morgan fingerprint density at radius 2 is 1.12 bits per heavy atom. The number of likely N-dealkylation sites (tertiary alicyclic amines) is 1. The minimum atomic E-state index is -0.467. The summed E-state index contributed by atoms with van der Waals surface area (Å²) in [6.45, 7) is 19.4. The van der Waals surface area contributed by atoms with Gasteiger partial charge in [0.2, 0.25) is 10.6 Å². The van der Waals surface area contributed by atoms with Gasteiger partial charge in [0.1, 0.15) is 22.2 Å². The van der Waals surface area contributed by atoms with Crippen LogP contribution in [0.15, 0.2) is 12.4 Å². The third-order valence-corrected chi connectivity index (χ3v) is 6.78. The second-order valence-electron chi connectivity index (χ2n) is 12.2. The van der Waals surface area contributed by atoms with Crippen LogP contribution >= 0.6 is 34.8 Å². The third-order valence-electron chi connectivity index (χ3n) is 6.03. The largest absolute Gasteiger partial charge is 0.444 e. The summed E-state index contributed by atoms with van der Waals surface area (Å²) >= 11 is 16.8. The predicted octanol–water partition coefficient (Wildman–Crippen LogP) is 6.99. The molecule has 0 unspecified atom stereocenters. The maximum absolute atomic E-state index is 12.0. The number of aromatic nitrogens is 4. The van der Waals surface area contributed by atoms with Crippen molar-refractivity contribution < 1.29 is 19.1 Å². The maximum atomic E-state index is 12.0. The number of hydrogen-bond donors (Lipinski definition) is 0. The number of anilines is 1. The van der Waals surface area contributed by atoms with Crippen LogP contribution in [0.3, 0.4) is 0 Å². The van der Waals surface area contributed by atoms with Crippen molar-refractivity contribution in [3.63, 3.8) is 0 Å². The van der Waals surface area contributed by atoms with E-state index in [9.17, 15) is 9.59 Å². The first-order chi connectivity index (χ1) is 19.9. The highest BCUT2D eigenvalue weighted by molar-refractivity contribution is 6.32. The van der Waals surface area contributed by atoms with Crippen LogP contribution in [-0.2, 0) is 9.47 Å². The second kappa shape index (κ2) is 16.4. The standard InChI is InChI=1S/C14H21ClN4O2.C10H19NO2.C5H4Cl2N2/c1-10-9-16-12(15)17-11(10)18-5-7-19(8-6-18)13(20)21-14(2,3)4;1-10(2,3)13-9(12)11-7-5-4-6-8-11;1-3-2-8-5(7)9-4(3)6/h9H,5-8H2,1-4H3;4-8H2,1-3H3;2H,1H3. The predicted molar refractivity (Wildman–Crippen MR) is 170 cm³/mol. The van der Waals surface area contributed by atoms with Crippen molar-refractivity contribution in [2.24, 2.45) is 0 Å². The first-order valence-corrected chi connectivity index (χ1v) is 15.4. The van der Waals surface area contributed by atoms with Crippen LogP contribution < -0.4 is 4.90 Å². The van der Waals surface area contributed by atoms with Gasteiger partial charge in [-0.2, -0.15) is 0 Å². The lowest BCUT2D eigenvalue weighted by atomic mass is 10.1. The molecule has 0 aliphatic carbocycles. The topological polar surface area (TPSA) is 114 Å². The molecule has 4 heterocycles. The molecule has 240 valence electrons. The van der Waals surface area contributed by atoms with Crippen LogP contribution in [0.25, 0.3) is 0 Å². The van der Waals surface area contributed by atoms with E-state index in [2.05, 4.69) is 24.8 Å². The van der Waals surface area contributed by atoms with E-state index in [4.69, 9.17) is 44.3 Å². The quantitative estimate of drug-likeness (QED) is 0.236. The number of hydrogen-bond acceptors (Lipinski definition) is 9. The molecular weight excluding hydrogens is 617 g/mol. The number of piperidine rings is 1. The van der Waals surface area contributed by atoms with Crippen LogP contribution in [-0.4, -0.2) is 92.4 Å². The lowest BCUT2D eigenvalue weighted by Gasteiger charge is -2.36. The number of piperazine rings is 1. The molecule has 0 radical (unpaired) electrons. The number of carbonyl (C=O) groups excluding carboxylic acids is 2. The highest BCUT2D eigenvalue weighted by atomic mass is 35.5. The number of aryl methyl sites for hydroxylation is 2. The zero-order valence-corrected chi connectivity index (χ0v) is 28.7. The summed E-state index contributed by atoms with van der Waals surface area (Å²) < 4.78 is 10.6. The van der Waals surface area contributed by atoms with E-state index in [1.165, 1.54) is 6.42 Å². The van der Waals surface area contributed by atoms with E-state index in [0.717, 1.165) is 42.9 Å². The van der Waals surface area contributed by atoms with Gasteiger partial charge in [0, 0.05) is 62.8 Å². The van der Waals surface area contributed by atoms with Crippen molar-refractivity contribution in [2.45, 2.75) is 85.9 Å². The van der Waals surface area contributed by atoms with Crippen molar-refractivity contribution in [3.8, 4) is 0 Å². The highest BCUT2D eigenvalue weighted by Gasteiger charge is 2.27. The van der Waals surface area contributed by atoms with Crippen LogP contribution in [0.4, 0.5) is 15.4 Å². The van der Waals surface area contributed by atoms with Gasteiger partial charge >= 0.3 is 12.2 Å². The molecule has 4 rings (SSSR count). The molecule has 2 saturated heterocycles. The Morgan fingerprint density at radius 3 is 1.56 bits per heavy atom. The van der Waals surface area contributed by atoms with Gasteiger partial charge in [-0.3, -0.25) is 0 Å². The first-order valence-electron chi connectivity index (χ1n) is 14.3. The number of carbonyl (C=O) groups is 2. The Balaban J connectivity index is 0.000000249. The van der Waals surface area contributed by atoms with E-state index >= 15 is 0 Å². The molecule has 2 aliphatic rings. The van der Waals surface area contributed by atoms with Crippen molar-refractivity contribution >= 4 is 52.8 Å². The Morgan fingerprint density at radius 1 is 0.674 bits per heavy atom. The summed E-state index contributed by atoms with van der Waals surface area (Å²) in [5, 5.41) is 0.839. The summed E-state index contributed by atoms with van der Waals surface area (Å²) in [4.78, 5) is 44.8. The average Bonchev–Trinajstić information content (AvgIpc) is 2.92. The molecule has 0 aromatic carbocycles. The van der Waals surface area contributed by atoms with Crippen molar-refractivity contribution in [3.05, 3.63) is 39.2 Å². The molecule has 2 aliphatic heterocycles. The highest BCUT2D eigenvalue weighted by Crippen LogP contribution is 2.21. The Labute approximate surface area is 270 Å². The first kappa shape index (κ1) is 36.6. The second-order valence-corrected chi connectivity index (χ2v) is 13.3. The Hall–Kier alpha value is -2.63. The molecule has 2 fully saturated rings. The monoisotopic (exact) mass is 659 g/mol. The van der Waals surface area contributed by atoms with Gasteiger partial charge in [-0.25, -0.2) is 29.5 Å². The number of rotatable bonds is 1. The molecule has 0 N–H and O–H groups in total. The molecule has 0 saturated carbocycles. The third kappa shape index (κ3) is 13.7. The fourth-order valence-corrected chi connectivity index (χ4v) is 4.40. The van der Waals surface area contributed by atoms with E-state index in [0.29, 0.717) is 31.3 Å². The SMILES string of the molecule is CC(C)(C)OC(=O)N1CCCCC1.Cc1cnc(Cl)nc1Cl.Cc1cnc(Cl)nc1N1CCN(C(=O)OC(C)(C)C)CC1. The summed E-state index contributed by atoms with van der Waals surface area (Å²) in [5.41, 5.74) is 0.977. The van der Waals surface area contributed by atoms with Crippen LogP contribution in [0.2, 0.25) is 15.7 Å². The van der Waals surface area contributed by atoms with E-state index in [-0.39, 0.29) is 28.4 Å². The smallest absolute Gasteiger partial charge is 0.410 e. The Kier molecular flexibility index (Phi) is 14.0. The molecule has 14 heteroatoms. The molecule has 43 heavy (non-hydrogen) atoms. The Bertz CT molecular complexity index is 1210. The van der Waals surface area contributed by atoms with E-state index < -0.39 is 5.60 Å². The van der Waals surface area contributed by atoms with Gasteiger partial charge in [0.15, 0.2) is 0 Å². The molecular formula is C29H44Cl3N7O4. The molecule has 2 amide bonds. The van der Waals surface area contributed by atoms with Crippen LogP contribution in [0, 0.1) is 13.8 Å². The van der Waals surface area contributed by atoms with E-state index in [1.807, 2.05) is 55.4 Å². The van der Waals surface area contributed by atoms with Crippen LogP contribution in [0.1, 0.15) is 71.9 Å². The van der Waals surface area contributed by atoms with Gasteiger partial charge < -0.3 is 24.2 Å². The lowest BCUT2D eigenvalue weighted by molar-refractivity contribution is 0.0212. The average molecular weight is 661 g/mol. The van der Waals surface area contributed by atoms with Gasteiger partial charge in [0.25, 0.3) is 0 Å². The fourth-order valence-electron chi connectivity index (χ4n) is 3.96.